The van der Waals surface area contributed by atoms with Crippen LogP contribution in [-0.4, -0.2) is 45.7 Å². The van der Waals surface area contributed by atoms with Gasteiger partial charge >= 0.3 is 0 Å². The third-order valence-corrected chi connectivity index (χ3v) is 6.98. The molecule has 0 unspecified atom stereocenters. The average Bonchev–Trinajstić information content (AvgIpc) is 3.45. The Bertz CT molecular complexity index is 1330. The van der Waals surface area contributed by atoms with Gasteiger partial charge in [0.05, 0.1) is 11.2 Å². The highest BCUT2D eigenvalue weighted by atomic mass is 32.1. The fourth-order valence-electron chi connectivity index (χ4n) is 4.51. The summed E-state index contributed by atoms with van der Waals surface area (Å²) in [5.74, 6) is 1.12. The lowest BCUT2D eigenvalue weighted by Gasteiger charge is -2.35. The summed E-state index contributed by atoms with van der Waals surface area (Å²) in [4.78, 5) is 9.67. The van der Waals surface area contributed by atoms with E-state index in [-0.39, 0.29) is 0 Å². The van der Waals surface area contributed by atoms with Crippen LogP contribution in [0.5, 0.6) is 0 Å². The Morgan fingerprint density at radius 3 is 2.58 bits per heavy atom. The molecule has 5 heterocycles. The van der Waals surface area contributed by atoms with E-state index in [1.807, 2.05) is 23.0 Å². The van der Waals surface area contributed by atoms with Crippen molar-refractivity contribution in [2.45, 2.75) is 6.54 Å². The number of thiophene rings is 1. The molecule has 1 aromatic carbocycles. The topological polar surface area (TPSA) is 36.7 Å². The molecule has 1 aliphatic heterocycles. The number of fused-ring (bicyclic) bond motifs is 2. The predicted octanol–water partition coefficient (Wildman–Crippen LogP) is 4.93. The maximum absolute atomic E-state index is 4.91. The maximum atomic E-state index is 4.91. The van der Waals surface area contributed by atoms with Gasteiger partial charge in [-0.3, -0.25) is 4.90 Å². The van der Waals surface area contributed by atoms with Crippen LogP contribution < -0.4 is 4.90 Å². The molecular weight excluding hydrogens is 402 g/mol. The van der Waals surface area contributed by atoms with Crippen molar-refractivity contribution >= 4 is 32.8 Å². The van der Waals surface area contributed by atoms with Crippen LogP contribution in [0, 0.1) is 0 Å². The molecule has 6 heteroatoms. The van der Waals surface area contributed by atoms with Gasteiger partial charge < -0.3 is 4.90 Å². The zero-order valence-corrected chi connectivity index (χ0v) is 18.0. The maximum Gasteiger partial charge on any atom is 0.137 e. The summed E-state index contributed by atoms with van der Waals surface area (Å²) in [6.07, 6.45) is 3.97. The van der Waals surface area contributed by atoms with Crippen molar-refractivity contribution in [3.8, 4) is 11.3 Å². The predicted molar refractivity (Wildman–Crippen MR) is 128 cm³/mol. The highest BCUT2D eigenvalue weighted by Gasteiger charge is 2.23. The van der Waals surface area contributed by atoms with Crippen LogP contribution in [-0.2, 0) is 6.54 Å². The highest BCUT2D eigenvalue weighted by molar-refractivity contribution is 7.17. The molecule has 1 saturated heterocycles. The smallest absolute Gasteiger partial charge is 0.137 e. The van der Waals surface area contributed by atoms with Crippen LogP contribution in [0.4, 0.5) is 5.82 Å². The van der Waals surface area contributed by atoms with Gasteiger partial charge in [-0.05, 0) is 29.6 Å². The number of nitrogens with zero attached hydrogens (tertiary/aromatic N) is 5. The fourth-order valence-corrected chi connectivity index (χ4v) is 5.28. The molecule has 1 fully saturated rings. The van der Waals surface area contributed by atoms with Gasteiger partial charge in [-0.2, -0.15) is 5.10 Å². The van der Waals surface area contributed by atoms with Crippen LogP contribution in [0.2, 0.25) is 0 Å². The molecule has 0 spiro atoms. The van der Waals surface area contributed by atoms with Crippen LogP contribution in [0.1, 0.15) is 5.56 Å². The summed E-state index contributed by atoms with van der Waals surface area (Å²) in [5.41, 5.74) is 4.75. The minimum absolute atomic E-state index is 0.904. The van der Waals surface area contributed by atoms with Crippen LogP contribution in [0.3, 0.4) is 0 Å². The van der Waals surface area contributed by atoms with Gasteiger partial charge in [-0.25, -0.2) is 9.50 Å². The minimum Gasteiger partial charge on any atom is -0.354 e. The molecule has 5 aromatic rings. The number of anilines is 1. The van der Waals surface area contributed by atoms with Gasteiger partial charge in [0.25, 0.3) is 0 Å². The lowest BCUT2D eigenvalue weighted by molar-refractivity contribution is 0.250. The van der Waals surface area contributed by atoms with E-state index in [9.17, 15) is 0 Å². The fraction of sp³-hybridized carbons (Fsp3) is 0.200. The van der Waals surface area contributed by atoms with Crippen LogP contribution >= 0.6 is 11.3 Å². The number of hydrogen-bond acceptors (Lipinski definition) is 5. The molecule has 0 aliphatic carbocycles. The molecule has 0 saturated carbocycles. The van der Waals surface area contributed by atoms with Crippen molar-refractivity contribution in [3.05, 3.63) is 84.0 Å². The van der Waals surface area contributed by atoms with Crippen molar-refractivity contribution < 1.29 is 0 Å². The molecule has 6 rings (SSSR count). The average molecular weight is 426 g/mol. The first-order valence-corrected chi connectivity index (χ1v) is 11.6. The lowest BCUT2D eigenvalue weighted by atomic mass is 10.1. The monoisotopic (exact) mass is 425 g/mol. The normalized spacial score (nSPS) is 15.2. The van der Waals surface area contributed by atoms with Crippen molar-refractivity contribution in [2.24, 2.45) is 0 Å². The van der Waals surface area contributed by atoms with Crippen molar-refractivity contribution in [2.75, 3.05) is 31.1 Å². The summed E-state index contributed by atoms with van der Waals surface area (Å²) >= 11 is 1.78. The number of pyridine rings is 2. The summed E-state index contributed by atoms with van der Waals surface area (Å²) < 4.78 is 3.32. The second kappa shape index (κ2) is 7.80. The van der Waals surface area contributed by atoms with Gasteiger partial charge in [0.2, 0.25) is 0 Å². The van der Waals surface area contributed by atoms with Gasteiger partial charge in [0, 0.05) is 66.3 Å². The van der Waals surface area contributed by atoms with E-state index in [1.165, 1.54) is 26.7 Å². The summed E-state index contributed by atoms with van der Waals surface area (Å²) in [7, 11) is 0. The number of hydrogen-bond donors (Lipinski definition) is 0. The van der Waals surface area contributed by atoms with Crippen LogP contribution in [0.15, 0.2) is 78.4 Å². The molecule has 5 nitrogen and oxygen atoms in total. The lowest BCUT2D eigenvalue weighted by Crippen LogP contribution is -2.46. The molecule has 1 aliphatic rings. The van der Waals surface area contributed by atoms with E-state index >= 15 is 0 Å². The van der Waals surface area contributed by atoms with Crippen molar-refractivity contribution in [3.63, 3.8) is 0 Å². The quantitative estimate of drug-likeness (QED) is 0.409. The Morgan fingerprint density at radius 2 is 1.71 bits per heavy atom. The summed E-state index contributed by atoms with van der Waals surface area (Å²) in [5, 5.41) is 8.34. The Kier molecular flexibility index (Phi) is 4.66. The Labute approximate surface area is 185 Å². The van der Waals surface area contributed by atoms with E-state index in [0.29, 0.717) is 0 Å². The first kappa shape index (κ1) is 18.5. The number of rotatable bonds is 4. The Morgan fingerprint density at radius 1 is 0.871 bits per heavy atom. The zero-order chi connectivity index (χ0) is 20.6. The largest absolute Gasteiger partial charge is 0.354 e. The van der Waals surface area contributed by atoms with Gasteiger partial charge in [0.15, 0.2) is 0 Å². The Hall–Kier alpha value is -3.22. The van der Waals surface area contributed by atoms with E-state index in [4.69, 9.17) is 10.1 Å². The van der Waals surface area contributed by atoms with E-state index in [0.717, 1.165) is 44.2 Å². The second-order valence-electron chi connectivity index (χ2n) is 7.95. The van der Waals surface area contributed by atoms with E-state index < -0.39 is 0 Å². The molecule has 4 aromatic heterocycles. The zero-order valence-electron chi connectivity index (χ0n) is 17.2. The third-order valence-electron chi connectivity index (χ3n) is 6.10. The first-order chi connectivity index (χ1) is 15.4. The Balaban J connectivity index is 1.26. The number of piperazine rings is 1. The van der Waals surface area contributed by atoms with E-state index in [2.05, 4.69) is 69.8 Å². The van der Waals surface area contributed by atoms with Gasteiger partial charge in [-0.1, -0.05) is 36.4 Å². The molecule has 0 bridgehead atoms. The molecule has 31 heavy (non-hydrogen) atoms. The first-order valence-electron chi connectivity index (χ1n) is 10.7. The standard InChI is InChI=1S/C25H23N5S/c1-2-6-19(7-3-1)24-21(22-8-4-5-12-30(22)27-24)18-28-13-15-29(16-14-28)25-20-10-17-31-23(20)9-11-26-25/h1-12,17H,13-16,18H2. The van der Waals surface area contributed by atoms with Crippen molar-refractivity contribution in [1.82, 2.24) is 19.5 Å². The van der Waals surface area contributed by atoms with Gasteiger partial charge in [-0.15, -0.1) is 11.3 Å². The highest BCUT2D eigenvalue weighted by Crippen LogP contribution is 2.30. The molecule has 154 valence electrons. The van der Waals surface area contributed by atoms with E-state index in [1.54, 1.807) is 11.3 Å². The third kappa shape index (κ3) is 3.38. The van der Waals surface area contributed by atoms with Gasteiger partial charge in [0.1, 0.15) is 5.82 Å². The number of benzene rings is 1. The number of aromatic nitrogens is 3. The molecule has 0 N–H and O–H groups in total. The molecule has 0 atom stereocenters. The molecule has 0 radical (unpaired) electrons. The summed E-state index contributed by atoms with van der Waals surface area (Å²) in [6, 6.07) is 21.1. The minimum atomic E-state index is 0.904. The summed E-state index contributed by atoms with van der Waals surface area (Å²) in [6.45, 7) is 4.91. The second-order valence-corrected chi connectivity index (χ2v) is 8.90. The van der Waals surface area contributed by atoms with Crippen LogP contribution in [0.25, 0.3) is 26.9 Å². The molecular formula is C25H23N5S. The SMILES string of the molecule is c1ccc(-c2nn3ccccc3c2CN2CCN(c3nccc4sccc34)CC2)cc1. The van der Waals surface area contributed by atoms with Crippen molar-refractivity contribution in [1.29, 1.82) is 0 Å². The molecule has 0 amide bonds.